The molecule has 0 aromatic carbocycles. The number of aliphatic carboxylic acids is 3. The van der Waals surface area contributed by atoms with Crippen molar-refractivity contribution in [1.29, 1.82) is 0 Å². The van der Waals surface area contributed by atoms with Crippen LogP contribution in [0.15, 0.2) is 0 Å². The number of carboxylic acid groups (broad SMARTS) is 3. The maximum absolute atomic E-state index is 10.6. The predicted octanol–water partition coefficient (Wildman–Crippen LogP) is -5.16. The summed E-state index contributed by atoms with van der Waals surface area (Å²) in [4.78, 5) is 34.3. The van der Waals surface area contributed by atoms with E-state index in [0.29, 0.717) is 0 Å². The molecule has 0 spiro atoms. The minimum Gasteiger partial charge on any atom is -0.480 e. The smallest absolute Gasteiger partial charge is 0.480 e. The Morgan fingerprint density at radius 1 is 0.714 bits per heavy atom. The number of nitrogens with zero attached hydrogens (tertiary/aromatic N) is 2. The molecule has 0 aliphatic heterocycles. The predicted molar refractivity (Wildman–Crippen MR) is 62.9 cm³/mol. The third-order valence-corrected chi connectivity index (χ3v) is 2.23. The van der Waals surface area contributed by atoms with E-state index >= 15 is 0 Å². The van der Waals surface area contributed by atoms with Gasteiger partial charge in [-0.1, -0.05) is 0 Å². The molecule has 0 saturated heterocycles. The summed E-state index contributed by atoms with van der Waals surface area (Å²) in [6.07, 6.45) is 0. The molecule has 11 heteroatoms. The number of aliphatic hydroxyl groups excluding tert-OH is 1. The van der Waals surface area contributed by atoms with Crippen LogP contribution in [0.3, 0.4) is 0 Å². The SMILES string of the molecule is O=C(O)CN(CCO)CCN(CC(=O)O)CC(=O)O.[Na+].[Zn]. The fourth-order valence-corrected chi connectivity index (χ4v) is 1.48. The van der Waals surface area contributed by atoms with Gasteiger partial charge in [0.1, 0.15) is 0 Å². The average molecular weight is 367 g/mol. The molecular formula is C10H18N2NaO7Zn+. The number of hydrogen-bond acceptors (Lipinski definition) is 6. The summed E-state index contributed by atoms with van der Waals surface area (Å²) in [6.45, 7) is -1.03. The first-order valence-electron chi connectivity index (χ1n) is 5.56. The van der Waals surface area contributed by atoms with Crippen LogP contribution in [0.5, 0.6) is 0 Å². The van der Waals surface area contributed by atoms with Crippen LogP contribution in [-0.4, -0.2) is 94.0 Å². The summed E-state index contributed by atoms with van der Waals surface area (Å²) in [5.41, 5.74) is 0. The van der Waals surface area contributed by atoms with Crippen molar-refractivity contribution in [2.24, 2.45) is 0 Å². The topological polar surface area (TPSA) is 139 Å². The number of carbonyl (C=O) groups is 3. The number of carboxylic acids is 3. The molecule has 0 aromatic heterocycles. The molecule has 21 heavy (non-hydrogen) atoms. The molecule has 0 bridgehead atoms. The molecule has 0 unspecified atom stereocenters. The zero-order chi connectivity index (χ0) is 14.8. The Kier molecular flexibility index (Phi) is 18.3. The van der Waals surface area contributed by atoms with Crippen LogP contribution >= 0.6 is 0 Å². The van der Waals surface area contributed by atoms with Crippen LogP contribution in [0, 0.1) is 0 Å². The van der Waals surface area contributed by atoms with Crippen LogP contribution < -0.4 is 29.6 Å². The molecule has 9 nitrogen and oxygen atoms in total. The number of rotatable bonds is 11. The fraction of sp³-hybridized carbons (Fsp3) is 0.700. The van der Waals surface area contributed by atoms with Gasteiger partial charge >= 0.3 is 47.5 Å². The van der Waals surface area contributed by atoms with Crippen molar-refractivity contribution < 1.29 is 83.8 Å². The molecule has 0 rings (SSSR count). The Bertz CT molecular complexity index is 317. The minimum atomic E-state index is -1.16. The van der Waals surface area contributed by atoms with E-state index in [4.69, 9.17) is 20.4 Å². The van der Waals surface area contributed by atoms with Crippen LogP contribution in [0.25, 0.3) is 0 Å². The normalized spacial score (nSPS) is 9.86. The van der Waals surface area contributed by atoms with Crippen molar-refractivity contribution in [2.75, 3.05) is 45.9 Å². The average Bonchev–Trinajstić information content (AvgIpc) is 2.23. The summed E-state index contributed by atoms with van der Waals surface area (Å²) in [5.74, 6) is -3.39. The van der Waals surface area contributed by atoms with E-state index in [1.54, 1.807) is 0 Å². The summed E-state index contributed by atoms with van der Waals surface area (Å²) in [5, 5.41) is 34.7. The Hall–Kier alpha value is -0.0866. The van der Waals surface area contributed by atoms with Crippen molar-refractivity contribution >= 4 is 17.9 Å². The summed E-state index contributed by atoms with van der Waals surface area (Å²) in [7, 11) is 0. The second-order valence-electron chi connectivity index (χ2n) is 3.89. The van der Waals surface area contributed by atoms with E-state index in [0.717, 1.165) is 0 Å². The molecule has 0 amide bonds. The third-order valence-electron chi connectivity index (χ3n) is 2.23. The zero-order valence-electron chi connectivity index (χ0n) is 12.1. The van der Waals surface area contributed by atoms with Crippen LogP contribution in [0.4, 0.5) is 0 Å². The third kappa shape index (κ3) is 16.1. The molecule has 0 saturated carbocycles. The van der Waals surface area contributed by atoms with E-state index in [1.807, 2.05) is 0 Å². The number of hydrogen-bond donors (Lipinski definition) is 4. The summed E-state index contributed by atoms with van der Waals surface area (Å²) < 4.78 is 0. The first-order chi connectivity index (χ1) is 8.85. The van der Waals surface area contributed by atoms with Crippen molar-refractivity contribution in [1.82, 2.24) is 9.80 Å². The van der Waals surface area contributed by atoms with Gasteiger partial charge < -0.3 is 20.4 Å². The minimum absolute atomic E-state index is 0. The van der Waals surface area contributed by atoms with Gasteiger partial charge in [0, 0.05) is 39.1 Å². The van der Waals surface area contributed by atoms with E-state index < -0.39 is 31.0 Å². The van der Waals surface area contributed by atoms with Crippen LogP contribution in [-0.2, 0) is 33.9 Å². The standard InChI is InChI=1S/C10H18N2O7.Na.Zn/c13-4-3-11(5-8(14)15)1-2-12(6-9(16)17)7-10(18)19;;/h13H,1-7H2,(H,14,15)(H,16,17)(H,18,19);;/q;+1;. The second-order valence-corrected chi connectivity index (χ2v) is 3.89. The maximum atomic E-state index is 10.6. The molecule has 0 aromatic rings. The van der Waals surface area contributed by atoms with Gasteiger partial charge in [-0.05, 0) is 0 Å². The van der Waals surface area contributed by atoms with Gasteiger partial charge in [0.2, 0.25) is 0 Å². The number of aliphatic hydroxyl groups is 1. The van der Waals surface area contributed by atoms with Crippen LogP contribution in [0.1, 0.15) is 0 Å². The summed E-state index contributed by atoms with van der Waals surface area (Å²) in [6, 6.07) is 0. The van der Waals surface area contributed by atoms with Gasteiger partial charge in [-0.25, -0.2) is 0 Å². The van der Waals surface area contributed by atoms with Gasteiger partial charge in [0.15, 0.2) is 0 Å². The first-order valence-corrected chi connectivity index (χ1v) is 5.56. The maximum Gasteiger partial charge on any atom is 1.00 e. The molecule has 0 atom stereocenters. The van der Waals surface area contributed by atoms with Gasteiger partial charge in [-0.15, -0.1) is 0 Å². The molecule has 0 aliphatic carbocycles. The van der Waals surface area contributed by atoms with Gasteiger partial charge in [-0.2, -0.15) is 0 Å². The fourth-order valence-electron chi connectivity index (χ4n) is 1.48. The Morgan fingerprint density at radius 2 is 1.05 bits per heavy atom. The van der Waals surface area contributed by atoms with E-state index in [9.17, 15) is 14.4 Å². The largest absolute Gasteiger partial charge is 1.00 e. The Balaban J connectivity index is -0.00000162. The summed E-state index contributed by atoms with van der Waals surface area (Å²) >= 11 is 0. The van der Waals surface area contributed by atoms with Crippen molar-refractivity contribution in [2.45, 2.75) is 0 Å². The Morgan fingerprint density at radius 3 is 1.38 bits per heavy atom. The van der Waals surface area contributed by atoms with Crippen molar-refractivity contribution in [3.63, 3.8) is 0 Å². The van der Waals surface area contributed by atoms with E-state index in [1.165, 1.54) is 9.80 Å². The molecule has 0 fully saturated rings. The molecule has 4 N–H and O–H groups in total. The second kappa shape index (κ2) is 14.8. The van der Waals surface area contributed by atoms with Crippen molar-refractivity contribution in [3.05, 3.63) is 0 Å². The van der Waals surface area contributed by atoms with Gasteiger partial charge in [-0.3, -0.25) is 24.2 Å². The van der Waals surface area contributed by atoms with Gasteiger partial charge in [0.05, 0.1) is 26.2 Å². The first kappa shape index (κ1) is 25.8. The monoisotopic (exact) mass is 365 g/mol. The van der Waals surface area contributed by atoms with Crippen molar-refractivity contribution in [3.8, 4) is 0 Å². The quantitative estimate of drug-likeness (QED) is 0.264. The Labute approximate surface area is 157 Å². The van der Waals surface area contributed by atoms with Crippen LogP contribution in [0.2, 0.25) is 0 Å². The molecule has 112 valence electrons. The molecular weight excluding hydrogens is 348 g/mol. The molecule has 0 radical (unpaired) electrons. The van der Waals surface area contributed by atoms with E-state index in [-0.39, 0.29) is 81.8 Å². The van der Waals surface area contributed by atoms with Gasteiger partial charge in [0.25, 0.3) is 0 Å². The molecule has 0 heterocycles. The zero-order valence-corrected chi connectivity index (χ0v) is 17.0. The molecule has 0 aliphatic rings. The van der Waals surface area contributed by atoms with E-state index in [2.05, 4.69) is 0 Å².